The standard InChI is InChI=1S/C24H18N2.C2H6/c1-2-8-18(9-3-1)25-19-14-16-20(17-15-19)26-23-12-6-4-10-21(23)22-11-5-7-13-24(22)26;1-2/h1-17,25H;1-2H3. The molecule has 0 saturated heterocycles. The minimum atomic E-state index is 1.08. The Morgan fingerprint density at radius 1 is 0.500 bits per heavy atom. The molecule has 0 atom stereocenters. The molecule has 1 N–H and O–H groups in total. The molecule has 4 aromatic carbocycles. The van der Waals surface area contributed by atoms with E-state index in [9.17, 15) is 0 Å². The number of anilines is 2. The molecule has 28 heavy (non-hydrogen) atoms. The Kier molecular flexibility index (Phi) is 5.11. The number of benzene rings is 4. The lowest BCUT2D eigenvalue weighted by Crippen LogP contribution is -1.95. The monoisotopic (exact) mass is 364 g/mol. The number of fused-ring (bicyclic) bond motifs is 3. The van der Waals surface area contributed by atoms with Crippen LogP contribution in [-0.4, -0.2) is 4.57 Å². The fraction of sp³-hybridized carbons (Fsp3) is 0.0769. The highest BCUT2D eigenvalue weighted by molar-refractivity contribution is 6.09. The Balaban J connectivity index is 0.000000932. The van der Waals surface area contributed by atoms with E-state index in [4.69, 9.17) is 0 Å². The number of aromatic nitrogens is 1. The molecule has 0 spiro atoms. The summed E-state index contributed by atoms with van der Waals surface area (Å²) < 4.78 is 2.33. The molecule has 0 aliphatic rings. The van der Waals surface area contributed by atoms with Crippen LogP contribution in [0.25, 0.3) is 27.5 Å². The third-order valence-electron chi connectivity index (χ3n) is 4.77. The predicted octanol–water partition coefficient (Wildman–Crippen LogP) is 7.55. The summed E-state index contributed by atoms with van der Waals surface area (Å²) in [4.78, 5) is 0. The average Bonchev–Trinajstić information content (AvgIpc) is 3.11. The first-order chi connectivity index (χ1) is 13.9. The van der Waals surface area contributed by atoms with E-state index in [-0.39, 0.29) is 0 Å². The van der Waals surface area contributed by atoms with Crippen molar-refractivity contribution in [2.75, 3.05) is 5.32 Å². The van der Waals surface area contributed by atoms with Gasteiger partial charge in [-0.2, -0.15) is 0 Å². The largest absolute Gasteiger partial charge is 0.356 e. The molecule has 2 nitrogen and oxygen atoms in total. The maximum atomic E-state index is 3.44. The fourth-order valence-corrected chi connectivity index (χ4v) is 3.58. The molecule has 2 heteroatoms. The van der Waals surface area contributed by atoms with Gasteiger partial charge in [-0.15, -0.1) is 0 Å². The van der Waals surface area contributed by atoms with E-state index in [0.29, 0.717) is 0 Å². The molecule has 0 aliphatic carbocycles. The summed E-state index contributed by atoms with van der Waals surface area (Å²) in [7, 11) is 0. The summed E-state index contributed by atoms with van der Waals surface area (Å²) in [5, 5.41) is 6.01. The second-order valence-electron chi connectivity index (χ2n) is 6.41. The van der Waals surface area contributed by atoms with E-state index in [2.05, 4.69) is 94.8 Å². The van der Waals surface area contributed by atoms with E-state index in [1.807, 2.05) is 32.0 Å². The van der Waals surface area contributed by atoms with Crippen molar-refractivity contribution in [1.29, 1.82) is 0 Å². The summed E-state index contributed by atoms with van der Waals surface area (Å²) in [6.07, 6.45) is 0. The van der Waals surface area contributed by atoms with E-state index in [1.54, 1.807) is 0 Å². The molecule has 0 amide bonds. The molecular weight excluding hydrogens is 340 g/mol. The molecule has 5 aromatic rings. The van der Waals surface area contributed by atoms with Gasteiger partial charge in [-0.1, -0.05) is 68.4 Å². The Labute approximate surface area is 166 Å². The third-order valence-corrected chi connectivity index (χ3v) is 4.77. The molecule has 5 rings (SSSR count). The first-order valence-electron chi connectivity index (χ1n) is 9.81. The first-order valence-corrected chi connectivity index (χ1v) is 9.81. The van der Waals surface area contributed by atoms with Crippen molar-refractivity contribution in [2.45, 2.75) is 13.8 Å². The molecule has 0 fully saturated rings. The van der Waals surface area contributed by atoms with Crippen LogP contribution >= 0.6 is 0 Å². The zero-order chi connectivity index (χ0) is 19.3. The molecule has 1 heterocycles. The lowest BCUT2D eigenvalue weighted by molar-refractivity contribution is 1.18. The normalized spacial score (nSPS) is 10.5. The molecule has 1 aromatic heterocycles. The molecule has 0 aliphatic heterocycles. The minimum absolute atomic E-state index is 1.08. The van der Waals surface area contributed by atoms with Crippen LogP contribution in [0.5, 0.6) is 0 Å². The number of hydrogen-bond acceptors (Lipinski definition) is 1. The van der Waals surface area contributed by atoms with E-state index >= 15 is 0 Å². The van der Waals surface area contributed by atoms with Gasteiger partial charge >= 0.3 is 0 Å². The second kappa shape index (κ2) is 8.01. The highest BCUT2D eigenvalue weighted by Gasteiger charge is 2.10. The van der Waals surface area contributed by atoms with Crippen molar-refractivity contribution >= 4 is 33.2 Å². The number of nitrogens with one attached hydrogen (secondary N) is 1. The zero-order valence-electron chi connectivity index (χ0n) is 16.3. The van der Waals surface area contributed by atoms with Crippen LogP contribution < -0.4 is 5.32 Å². The SMILES string of the molecule is CC.c1ccc(Nc2ccc(-n3c4ccccc4c4ccccc43)cc2)cc1. The Hall–Kier alpha value is -3.52. The van der Waals surface area contributed by atoms with Gasteiger partial charge in [-0.3, -0.25) is 0 Å². The van der Waals surface area contributed by atoms with Crippen molar-refractivity contribution in [3.8, 4) is 5.69 Å². The van der Waals surface area contributed by atoms with Crippen molar-refractivity contribution in [3.63, 3.8) is 0 Å². The first kappa shape index (κ1) is 17.9. The van der Waals surface area contributed by atoms with E-state index in [0.717, 1.165) is 11.4 Å². The van der Waals surface area contributed by atoms with E-state index < -0.39 is 0 Å². The van der Waals surface area contributed by atoms with Crippen LogP contribution in [-0.2, 0) is 0 Å². The van der Waals surface area contributed by atoms with Crippen LogP contribution in [0, 0.1) is 0 Å². The topological polar surface area (TPSA) is 17.0 Å². The number of hydrogen-bond donors (Lipinski definition) is 1. The Bertz CT molecular complexity index is 1130. The second-order valence-corrected chi connectivity index (χ2v) is 6.41. The smallest absolute Gasteiger partial charge is 0.0541 e. The number of para-hydroxylation sites is 3. The van der Waals surface area contributed by atoms with Gasteiger partial charge in [0.05, 0.1) is 11.0 Å². The van der Waals surface area contributed by atoms with Crippen molar-refractivity contribution in [2.24, 2.45) is 0 Å². The maximum absolute atomic E-state index is 3.44. The van der Waals surface area contributed by atoms with Crippen LogP contribution in [0.2, 0.25) is 0 Å². The maximum Gasteiger partial charge on any atom is 0.0541 e. The van der Waals surface area contributed by atoms with Crippen LogP contribution in [0.4, 0.5) is 11.4 Å². The number of rotatable bonds is 3. The van der Waals surface area contributed by atoms with Crippen molar-refractivity contribution < 1.29 is 0 Å². The molecule has 0 unspecified atom stereocenters. The lowest BCUT2D eigenvalue weighted by Gasteiger charge is -2.10. The van der Waals surface area contributed by atoms with Gasteiger partial charge in [0.25, 0.3) is 0 Å². The summed E-state index contributed by atoms with van der Waals surface area (Å²) in [5.74, 6) is 0. The van der Waals surface area contributed by atoms with Gasteiger partial charge < -0.3 is 9.88 Å². The van der Waals surface area contributed by atoms with Crippen LogP contribution in [0.1, 0.15) is 13.8 Å². The molecule has 138 valence electrons. The van der Waals surface area contributed by atoms with Gasteiger partial charge in [-0.25, -0.2) is 0 Å². The van der Waals surface area contributed by atoms with Crippen molar-refractivity contribution in [1.82, 2.24) is 4.57 Å². The average molecular weight is 364 g/mol. The van der Waals surface area contributed by atoms with Crippen LogP contribution in [0.15, 0.2) is 103 Å². The van der Waals surface area contributed by atoms with Crippen LogP contribution in [0.3, 0.4) is 0 Å². The summed E-state index contributed by atoms with van der Waals surface area (Å²) in [6, 6.07) is 36.0. The Morgan fingerprint density at radius 2 is 0.964 bits per heavy atom. The van der Waals surface area contributed by atoms with Crippen molar-refractivity contribution in [3.05, 3.63) is 103 Å². The lowest BCUT2D eigenvalue weighted by atomic mass is 10.2. The highest BCUT2D eigenvalue weighted by Crippen LogP contribution is 2.32. The highest BCUT2D eigenvalue weighted by atomic mass is 15.0. The quantitative estimate of drug-likeness (QED) is 0.349. The minimum Gasteiger partial charge on any atom is -0.356 e. The zero-order valence-corrected chi connectivity index (χ0v) is 16.3. The molecule has 0 saturated carbocycles. The number of nitrogens with zero attached hydrogens (tertiary/aromatic N) is 1. The molecule has 0 bridgehead atoms. The van der Waals surface area contributed by atoms with Gasteiger partial charge in [0, 0.05) is 27.8 Å². The molecular formula is C26H24N2. The summed E-state index contributed by atoms with van der Waals surface area (Å²) in [5.41, 5.74) is 5.81. The summed E-state index contributed by atoms with van der Waals surface area (Å²) >= 11 is 0. The van der Waals surface area contributed by atoms with Gasteiger partial charge in [-0.05, 0) is 48.5 Å². The Morgan fingerprint density at radius 3 is 1.54 bits per heavy atom. The molecule has 0 radical (unpaired) electrons. The van der Waals surface area contributed by atoms with Gasteiger partial charge in [0.2, 0.25) is 0 Å². The summed E-state index contributed by atoms with van der Waals surface area (Å²) in [6.45, 7) is 4.00. The third kappa shape index (κ3) is 3.25. The van der Waals surface area contributed by atoms with Gasteiger partial charge in [0.15, 0.2) is 0 Å². The fourth-order valence-electron chi connectivity index (χ4n) is 3.58. The predicted molar refractivity (Wildman–Crippen MR) is 122 cm³/mol. The van der Waals surface area contributed by atoms with Gasteiger partial charge in [0.1, 0.15) is 0 Å². The van der Waals surface area contributed by atoms with E-state index in [1.165, 1.54) is 27.5 Å².